The van der Waals surface area contributed by atoms with Gasteiger partial charge < -0.3 is 5.32 Å². The minimum atomic E-state index is 0.209. The maximum absolute atomic E-state index is 9.01. The summed E-state index contributed by atoms with van der Waals surface area (Å²) in [5.41, 5.74) is 0. The molecular formula is C24H48N2. The third-order valence-corrected chi connectivity index (χ3v) is 5.42. The second-order valence-corrected chi connectivity index (χ2v) is 8.12. The molecule has 1 atom stereocenters. The zero-order valence-electron chi connectivity index (χ0n) is 18.2. The highest BCUT2D eigenvalue weighted by Gasteiger charge is 2.04. The Morgan fingerprint density at radius 3 is 1.42 bits per heavy atom. The molecule has 0 aliphatic heterocycles. The summed E-state index contributed by atoms with van der Waals surface area (Å²) >= 11 is 0. The van der Waals surface area contributed by atoms with E-state index in [9.17, 15) is 0 Å². The van der Waals surface area contributed by atoms with E-state index < -0.39 is 0 Å². The van der Waals surface area contributed by atoms with Gasteiger partial charge in [-0.25, -0.2) is 0 Å². The van der Waals surface area contributed by atoms with Crippen LogP contribution in [0, 0.1) is 17.2 Å². The topological polar surface area (TPSA) is 35.8 Å². The summed E-state index contributed by atoms with van der Waals surface area (Å²) in [5.74, 6) is 0.209. The van der Waals surface area contributed by atoms with Gasteiger partial charge in [0.1, 0.15) is 0 Å². The Bertz CT molecular complexity index is 295. The number of hydrogen-bond acceptors (Lipinski definition) is 2. The highest BCUT2D eigenvalue weighted by molar-refractivity contribution is 4.83. The van der Waals surface area contributed by atoms with Crippen molar-refractivity contribution in [3.63, 3.8) is 0 Å². The van der Waals surface area contributed by atoms with E-state index in [2.05, 4.69) is 25.2 Å². The molecule has 0 aliphatic rings. The highest BCUT2D eigenvalue weighted by atomic mass is 14.8. The molecule has 2 nitrogen and oxygen atoms in total. The van der Waals surface area contributed by atoms with Gasteiger partial charge >= 0.3 is 0 Å². The Morgan fingerprint density at radius 1 is 0.615 bits per heavy atom. The molecule has 0 saturated heterocycles. The van der Waals surface area contributed by atoms with Gasteiger partial charge in [-0.15, -0.1) is 0 Å². The SMILES string of the molecule is CCCCCCCCCCCCCCCCCCNCC(C#N)CCC. The maximum atomic E-state index is 9.01. The summed E-state index contributed by atoms with van der Waals surface area (Å²) in [6, 6.07) is 2.40. The van der Waals surface area contributed by atoms with Crippen molar-refractivity contribution in [3.8, 4) is 6.07 Å². The van der Waals surface area contributed by atoms with Crippen LogP contribution in [0.4, 0.5) is 0 Å². The summed E-state index contributed by atoms with van der Waals surface area (Å²) in [5, 5.41) is 12.5. The van der Waals surface area contributed by atoms with Crippen molar-refractivity contribution in [1.29, 1.82) is 5.26 Å². The number of rotatable bonds is 21. The molecule has 1 N–H and O–H groups in total. The molecule has 0 aromatic heterocycles. The van der Waals surface area contributed by atoms with E-state index in [1.165, 1.54) is 103 Å². The van der Waals surface area contributed by atoms with E-state index in [1.54, 1.807) is 0 Å². The van der Waals surface area contributed by atoms with Gasteiger partial charge in [-0.3, -0.25) is 0 Å². The van der Waals surface area contributed by atoms with Gasteiger partial charge in [0.2, 0.25) is 0 Å². The average molecular weight is 365 g/mol. The minimum Gasteiger partial charge on any atom is -0.315 e. The highest BCUT2D eigenvalue weighted by Crippen LogP contribution is 2.13. The Hall–Kier alpha value is -0.550. The summed E-state index contributed by atoms with van der Waals surface area (Å²) in [6.45, 7) is 6.40. The molecule has 0 spiro atoms. The number of nitrogens with one attached hydrogen (secondary N) is 1. The second kappa shape index (κ2) is 22.5. The van der Waals surface area contributed by atoms with Gasteiger partial charge in [0.05, 0.1) is 12.0 Å². The minimum absolute atomic E-state index is 0.209. The predicted molar refractivity (Wildman–Crippen MR) is 116 cm³/mol. The smallest absolute Gasteiger partial charge is 0.0669 e. The van der Waals surface area contributed by atoms with Crippen LogP contribution in [0.1, 0.15) is 129 Å². The maximum Gasteiger partial charge on any atom is 0.0669 e. The fourth-order valence-corrected chi connectivity index (χ4v) is 3.64. The van der Waals surface area contributed by atoms with E-state index in [0.717, 1.165) is 25.9 Å². The van der Waals surface area contributed by atoms with Gasteiger partial charge in [0.25, 0.3) is 0 Å². The van der Waals surface area contributed by atoms with Crippen LogP contribution in [0.2, 0.25) is 0 Å². The molecule has 2 heteroatoms. The third kappa shape index (κ3) is 19.8. The van der Waals surface area contributed by atoms with Crippen LogP contribution in [0.3, 0.4) is 0 Å². The van der Waals surface area contributed by atoms with Crippen molar-refractivity contribution in [1.82, 2.24) is 5.32 Å². The normalized spacial score (nSPS) is 12.2. The summed E-state index contributed by atoms with van der Waals surface area (Å²) < 4.78 is 0. The van der Waals surface area contributed by atoms with Gasteiger partial charge in [0, 0.05) is 6.54 Å². The molecule has 154 valence electrons. The molecule has 26 heavy (non-hydrogen) atoms. The van der Waals surface area contributed by atoms with E-state index in [-0.39, 0.29) is 5.92 Å². The monoisotopic (exact) mass is 364 g/mol. The summed E-state index contributed by atoms with van der Waals surface area (Å²) in [4.78, 5) is 0. The lowest BCUT2D eigenvalue weighted by Crippen LogP contribution is -2.23. The molecule has 0 aromatic carbocycles. The fourth-order valence-electron chi connectivity index (χ4n) is 3.64. The molecule has 0 amide bonds. The summed E-state index contributed by atoms with van der Waals surface area (Å²) in [7, 11) is 0. The van der Waals surface area contributed by atoms with Crippen molar-refractivity contribution < 1.29 is 0 Å². The largest absolute Gasteiger partial charge is 0.315 e. The average Bonchev–Trinajstić information content (AvgIpc) is 2.66. The summed E-state index contributed by atoms with van der Waals surface area (Å²) in [6.07, 6.45) is 24.9. The van der Waals surface area contributed by atoms with Crippen LogP contribution < -0.4 is 5.32 Å². The molecule has 0 radical (unpaired) electrons. The second-order valence-electron chi connectivity index (χ2n) is 8.12. The third-order valence-electron chi connectivity index (χ3n) is 5.42. The molecule has 0 bridgehead atoms. The molecular weight excluding hydrogens is 316 g/mol. The lowest BCUT2D eigenvalue weighted by Gasteiger charge is -2.09. The Kier molecular flexibility index (Phi) is 22.0. The van der Waals surface area contributed by atoms with Crippen molar-refractivity contribution in [2.24, 2.45) is 5.92 Å². The first-order valence-electron chi connectivity index (χ1n) is 12.0. The number of nitriles is 1. The predicted octanol–water partition coefficient (Wildman–Crippen LogP) is 7.78. The number of hydrogen-bond donors (Lipinski definition) is 1. The molecule has 0 fully saturated rings. The number of unbranched alkanes of at least 4 members (excludes halogenated alkanes) is 15. The van der Waals surface area contributed by atoms with Crippen LogP contribution in [0.15, 0.2) is 0 Å². The first-order valence-corrected chi connectivity index (χ1v) is 12.0. The number of nitrogens with zero attached hydrogens (tertiary/aromatic N) is 1. The van der Waals surface area contributed by atoms with Gasteiger partial charge in [-0.2, -0.15) is 5.26 Å². The van der Waals surface area contributed by atoms with Gasteiger partial charge in [0.15, 0.2) is 0 Å². The Morgan fingerprint density at radius 2 is 1.04 bits per heavy atom. The molecule has 0 rings (SSSR count). The van der Waals surface area contributed by atoms with E-state index in [4.69, 9.17) is 5.26 Å². The van der Waals surface area contributed by atoms with Gasteiger partial charge in [-0.1, -0.05) is 117 Å². The standard InChI is InChI=1S/C24H48N2/c1-3-5-6-7-8-9-10-11-12-13-14-15-16-17-18-19-21-26-23-24(22-25)20-4-2/h24,26H,3-21,23H2,1-2H3. The zero-order chi connectivity index (χ0) is 19.1. The van der Waals surface area contributed by atoms with Crippen molar-refractivity contribution in [3.05, 3.63) is 0 Å². The van der Waals surface area contributed by atoms with Crippen molar-refractivity contribution in [2.75, 3.05) is 13.1 Å². The van der Waals surface area contributed by atoms with Crippen LogP contribution in [-0.4, -0.2) is 13.1 Å². The Balaban J connectivity index is 3.08. The molecule has 1 unspecified atom stereocenters. The fraction of sp³-hybridized carbons (Fsp3) is 0.958. The Labute approximate surface area is 165 Å². The lowest BCUT2D eigenvalue weighted by atomic mass is 10.0. The van der Waals surface area contributed by atoms with Crippen LogP contribution in [0.5, 0.6) is 0 Å². The van der Waals surface area contributed by atoms with Crippen LogP contribution >= 0.6 is 0 Å². The van der Waals surface area contributed by atoms with E-state index in [1.807, 2.05) is 0 Å². The van der Waals surface area contributed by atoms with E-state index >= 15 is 0 Å². The van der Waals surface area contributed by atoms with Crippen LogP contribution in [-0.2, 0) is 0 Å². The first-order chi connectivity index (χ1) is 12.8. The zero-order valence-corrected chi connectivity index (χ0v) is 18.2. The molecule has 0 aromatic rings. The van der Waals surface area contributed by atoms with Crippen molar-refractivity contribution in [2.45, 2.75) is 129 Å². The van der Waals surface area contributed by atoms with Crippen molar-refractivity contribution >= 4 is 0 Å². The van der Waals surface area contributed by atoms with Crippen LogP contribution in [0.25, 0.3) is 0 Å². The van der Waals surface area contributed by atoms with Gasteiger partial charge in [-0.05, 0) is 19.4 Å². The molecule has 0 aliphatic carbocycles. The lowest BCUT2D eigenvalue weighted by molar-refractivity contribution is 0.502. The first kappa shape index (κ1) is 25.4. The molecule has 0 heterocycles. The quantitative estimate of drug-likeness (QED) is 0.211. The molecule has 0 saturated carbocycles. The van der Waals surface area contributed by atoms with E-state index in [0.29, 0.717) is 0 Å².